The van der Waals surface area contributed by atoms with Gasteiger partial charge in [-0.25, -0.2) is 0 Å². The molecule has 2 heterocycles. The largest absolute Gasteiger partial charge is 0.334 e. The topological polar surface area (TPSA) is 89.5 Å². The second-order valence-corrected chi connectivity index (χ2v) is 6.20. The zero-order valence-corrected chi connectivity index (χ0v) is 12.1. The van der Waals surface area contributed by atoms with Crippen molar-refractivity contribution in [1.82, 2.24) is 4.90 Å². The summed E-state index contributed by atoms with van der Waals surface area (Å²) in [6, 6.07) is 6.51. The molecular weight excluding hydrogens is 290 g/mol. The molecule has 1 saturated heterocycles. The van der Waals surface area contributed by atoms with Crippen molar-refractivity contribution in [3.05, 3.63) is 39.3 Å². The van der Waals surface area contributed by atoms with E-state index >= 15 is 0 Å². The van der Waals surface area contributed by atoms with Crippen molar-refractivity contribution in [2.45, 2.75) is 18.9 Å². The fourth-order valence-corrected chi connectivity index (χ4v) is 3.74. The van der Waals surface area contributed by atoms with Crippen molar-refractivity contribution in [3.8, 4) is 0 Å². The van der Waals surface area contributed by atoms with E-state index in [1.807, 2.05) is 4.90 Å². The van der Waals surface area contributed by atoms with Crippen LogP contribution in [0.1, 0.15) is 22.5 Å². The first-order valence-electron chi connectivity index (χ1n) is 6.79. The highest BCUT2D eigenvalue weighted by Gasteiger charge is 2.29. The summed E-state index contributed by atoms with van der Waals surface area (Å²) in [5.74, 6) is -0.0215. The Morgan fingerprint density at radius 2 is 2.29 bits per heavy atom. The number of nitro groups is 1. The highest BCUT2D eigenvalue weighted by Crippen LogP contribution is 2.31. The van der Waals surface area contributed by atoms with Crippen LogP contribution in [0.2, 0.25) is 0 Å². The quantitative estimate of drug-likeness (QED) is 0.696. The third kappa shape index (κ3) is 2.50. The number of hydrogen-bond acceptors (Lipinski definition) is 5. The Kier molecular flexibility index (Phi) is 3.60. The molecule has 1 aromatic carbocycles. The number of nitrogens with zero attached hydrogens (tertiary/aromatic N) is 2. The maximum atomic E-state index is 12.6. The molecule has 0 saturated carbocycles. The van der Waals surface area contributed by atoms with Crippen LogP contribution in [0.3, 0.4) is 0 Å². The zero-order valence-electron chi connectivity index (χ0n) is 11.3. The molecular formula is C14H15N3O3S. The predicted octanol–water partition coefficient (Wildman–Crippen LogP) is 2.37. The Bertz CT molecular complexity index is 713. The van der Waals surface area contributed by atoms with Crippen molar-refractivity contribution in [2.24, 2.45) is 5.73 Å². The minimum absolute atomic E-state index is 0.0215. The molecule has 1 fully saturated rings. The molecule has 0 radical (unpaired) electrons. The minimum Gasteiger partial charge on any atom is -0.334 e. The fourth-order valence-electron chi connectivity index (χ4n) is 2.74. The first-order chi connectivity index (χ1) is 10.1. The maximum Gasteiger partial charge on any atom is 0.270 e. The second-order valence-electron chi connectivity index (χ2n) is 5.12. The van der Waals surface area contributed by atoms with Crippen molar-refractivity contribution in [3.63, 3.8) is 0 Å². The molecule has 0 bridgehead atoms. The molecule has 3 rings (SSSR count). The number of thiophene rings is 1. The van der Waals surface area contributed by atoms with E-state index < -0.39 is 4.92 Å². The molecule has 2 aromatic rings. The molecule has 1 aliphatic rings. The van der Waals surface area contributed by atoms with E-state index in [1.54, 1.807) is 12.1 Å². The predicted molar refractivity (Wildman–Crippen MR) is 81.6 cm³/mol. The van der Waals surface area contributed by atoms with Crippen LogP contribution in [0.15, 0.2) is 24.3 Å². The summed E-state index contributed by atoms with van der Waals surface area (Å²) in [6.07, 6.45) is 1.92. The van der Waals surface area contributed by atoms with Gasteiger partial charge in [0.05, 0.1) is 9.80 Å². The van der Waals surface area contributed by atoms with Gasteiger partial charge in [0.1, 0.15) is 0 Å². The maximum absolute atomic E-state index is 12.6. The summed E-state index contributed by atoms with van der Waals surface area (Å²) >= 11 is 1.37. The molecule has 2 N–H and O–H groups in total. The first-order valence-corrected chi connectivity index (χ1v) is 7.61. The van der Waals surface area contributed by atoms with Crippen LogP contribution in [0.25, 0.3) is 10.1 Å². The van der Waals surface area contributed by atoms with Crippen molar-refractivity contribution < 1.29 is 9.72 Å². The molecule has 110 valence electrons. The number of carbonyl (C=O) groups excluding carboxylic acids is 1. The molecule has 7 heteroatoms. The number of rotatable bonds is 3. The number of hydrogen-bond donors (Lipinski definition) is 1. The van der Waals surface area contributed by atoms with Gasteiger partial charge in [-0.05, 0) is 25.0 Å². The van der Waals surface area contributed by atoms with Gasteiger partial charge in [0.2, 0.25) is 0 Å². The summed E-state index contributed by atoms with van der Waals surface area (Å²) in [7, 11) is 0. The summed E-state index contributed by atoms with van der Waals surface area (Å²) in [4.78, 5) is 25.4. The molecule has 21 heavy (non-hydrogen) atoms. The number of benzene rings is 1. The Morgan fingerprint density at radius 1 is 1.48 bits per heavy atom. The van der Waals surface area contributed by atoms with Crippen LogP contribution in [0, 0.1) is 10.1 Å². The summed E-state index contributed by atoms with van der Waals surface area (Å²) in [5, 5.41) is 11.5. The van der Waals surface area contributed by atoms with Gasteiger partial charge in [0, 0.05) is 41.4 Å². The number of nitrogens with two attached hydrogens (primary N) is 1. The summed E-state index contributed by atoms with van der Waals surface area (Å²) in [5.41, 5.74) is 5.74. The van der Waals surface area contributed by atoms with Gasteiger partial charge in [-0.1, -0.05) is 0 Å². The average molecular weight is 305 g/mol. The Labute approximate surface area is 125 Å². The monoisotopic (exact) mass is 305 g/mol. The van der Waals surface area contributed by atoms with Crippen molar-refractivity contribution >= 4 is 33.0 Å². The SMILES string of the molecule is NCC1CCCN1C(=O)c1cc2cc([N+](=O)[O-])ccc2s1. The Balaban J connectivity index is 1.93. The summed E-state index contributed by atoms with van der Waals surface area (Å²) < 4.78 is 0.882. The minimum atomic E-state index is -0.427. The van der Waals surface area contributed by atoms with E-state index in [2.05, 4.69) is 0 Å². The highest BCUT2D eigenvalue weighted by atomic mass is 32.1. The first kappa shape index (κ1) is 14.0. The Hall–Kier alpha value is -1.99. The molecule has 6 nitrogen and oxygen atoms in total. The van der Waals surface area contributed by atoms with Crippen LogP contribution >= 0.6 is 11.3 Å². The van der Waals surface area contributed by atoms with Crippen LogP contribution in [-0.2, 0) is 0 Å². The molecule has 1 unspecified atom stereocenters. The van der Waals surface area contributed by atoms with Crippen molar-refractivity contribution in [2.75, 3.05) is 13.1 Å². The van der Waals surface area contributed by atoms with Crippen molar-refractivity contribution in [1.29, 1.82) is 0 Å². The van der Waals surface area contributed by atoms with E-state index in [-0.39, 0.29) is 17.6 Å². The standard InChI is InChI=1S/C14H15N3O3S/c15-8-11-2-1-5-16(11)14(18)13-7-9-6-10(17(19)20)3-4-12(9)21-13/h3-4,6-7,11H,1-2,5,8,15H2. The van der Waals surface area contributed by atoms with E-state index in [4.69, 9.17) is 5.73 Å². The average Bonchev–Trinajstić information content (AvgIpc) is 3.11. The van der Waals surface area contributed by atoms with Gasteiger partial charge in [0.15, 0.2) is 0 Å². The van der Waals surface area contributed by atoms with E-state index in [0.29, 0.717) is 11.4 Å². The highest BCUT2D eigenvalue weighted by molar-refractivity contribution is 7.20. The second kappa shape index (κ2) is 5.42. The third-order valence-electron chi connectivity index (χ3n) is 3.83. The number of amides is 1. The Morgan fingerprint density at radius 3 is 3.00 bits per heavy atom. The molecule has 0 aliphatic carbocycles. The molecule has 1 atom stereocenters. The number of carbonyl (C=O) groups is 1. The molecule has 0 spiro atoms. The normalized spacial score (nSPS) is 18.3. The number of likely N-dealkylation sites (tertiary alicyclic amines) is 1. The van der Waals surface area contributed by atoms with Crippen LogP contribution < -0.4 is 5.73 Å². The van der Waals surface area contributed by atoms with Crippen LogP contribution in [0.5, 0.6) is 0 Å². The smallest absolute Gasteiger partial charge is 0.270 e. The lowest BCUT2D eigenvalue weighted by atomic mass is 10.2. The number of nitro benzene ring substituents is 1. The van der Waals surface area contributed by atoms with Crippen LogP contribution in [0.4, 0.5) is 5.69 Å². The number of non-ortho nitro benzene ring substituents is 1. The van der Waals surface area contributed by atoms with Gasteiger partial charge in [-0.3, -0.25) is 14.9 Å². The lowest BCUT2D eigenvalue weighted by Gasteiger charge is -2.22. The number of fused-ring (bicyclic) bond motifs is 1. The van der Waals surface area contributed by atoms with Gasteiger partial charge >= 0.3 is 0 Å². The lowest BCUT2D eigenvalue weighted by molar-refractivity contribution is -0.384. The third-order valence-corrected chi connectivity index (χ3v) is 4.94. The molecule has 1 aliphatic heterocycles. The van der Waals surface area contributed by atoms with Gasteiger partial charge in [-0.15, -0.1) is 11.3 Å². The van der Waals surface area contributed by atoms with Gasteiger partial charge in [-0.2, -0.15) is 0 Å². The lowest BCUT2D eigenvalue weighted by Crippen LogP contribution is -2.39. The fraction of sp³-hybridized carbons (Fsp3) is 0.357. The van der Waals surface area contributed by atoms with Gasteiger partial charge < -0.3 is 10.6 Å². The van der Waals surface area contributed by atoms with E-state index in [9.17, 15) is 14.9 Å². The summed E-state index contributed by atoms with van der Waals surface area (Å²) in [6.45, 7) is 1.21. The molecule has 1 amide bonds. The van der Waals surface area contributed by atoms with E-state index in [1.165, 1.54) is 23.5 Å². The van der Waals surface area contributed by atoms with E-state index in [0.717, 1.165) is 29.5 Å². The molecule has 1 aromatic heterocycles. The van der Waals surface area contributed by atoms with Gasteiger partial charge in [0.25, 0.3) is 11.6 Å². The van der Waals surface area contributed by atoms with Crippen LogP contribution in [-0.4, -0.2) is 34.9 Å². The zero-order chi connectivity index (χ0) is 15.0.